The molecule has 2 rings (SSSR count). The fourth-order valence-corrected chi connectivity index (χ4v) is 2.12. The molecule has 0 fully saturated rings. The fraction of sp³-hybridized carbons (Fsp3) is 0.143. The summed E-state index contributed by atoms with van der Waals surface area (Å²) in [5.74, 6) is 0. The molecule has 0 aliphatic heterocycles. The quantitative estimate of drug-likeness (QED) is 0.663. The van der Waals surface area contributed by atoms with Gasteiger partial charge in [0.25, 0.3) is 14.6 Å². The largest absolute Gasteiger partial charge is 0.314 e. The monoisotopic (exact) mass is 247 g/mol. The molecule has 0 aromatic carbocycles. The van der Waals surface area contributed by atoms with Crippen LogP contribution in [-0.4, -0.2) is 22.4 Å². The number of imidazole rings is 1. The van der Waals surface area contributed by atoms with Crippen molar-refractivity contribution in [1.29, 1.82) is 0 Å². The predicted octanol–water partition coefficient (Wildman–Crippen LogP) is -0.0395. The highest BCUT2D eigenvalue weighted by atomic mass is 35.7. The van der Waals surface area contributed by atoms with Gasteiger partial charge in [0.2, 0.25) is 5.65 Å². The maximum absolute atomic E-state index is 11.5. The Labute approximate surface area is 89.2 Å². The lowest BCUT2D eigenvalue weighted by Gasteiger charge is -1.99. The van der Waals surface area contributed by atoms with Crippen LogP contribution in [0.15, 0.2) is 28.4 Å². The molecule has 6 nitrogen and oxygen atoms in total. The molecule has 8 heteroatoms. The molecular formula is C7H6ClN3O3S. The van der Waals surface area contributed by atoms with E-state index in [1.54, 1.807) is 7.05 Å². The topological polar surface area (TPSA) is 73.4 Å². The number of halogens is 1. The average Bonchev–Trinajstić information content (AvgIpc) is 2.54. The van der Waals surface area contributed by atoms with E-state index in [1.165, 1.54) is 17.0 Å². The zero-order valence-corrected chi connectivity index (χ0v) is 9.16. The number of aromatic nitrogens is 3. The van der Waals surface area contributed by atoms with E-state index in [0.29, 0.717) is 0 Å². The summed E-state index contributed by atoms with van der Waals surface area (Å²) in [5, 5.41) is -0.211. The molecule has 0 spiro atoms. The van der Waals surface area contributed by atoms with Gasteiger partial charge in [0, 0.05) is 30.1 Å². The minimum absolute atomic E-state index is 0.0271. The zero-order chi connectivity index (χ0) is 11.2. The van der Waals surface area contributed by atoms with Crippen molar-refractivity contribution in [3.8, 4) is 0 Å². The van der Waals surface area contributed by atoms with Crippen molar-refractivity contribution < 1.29 is 8.42 Å². The van der Waals surface area contributed by atoms with Gasteiger partial charge in [0.1, 0.15) is 0 Å². The maximum Gasteiger partial charge on any atom is 0.293 e. The third kappa shape index (κ3) is 1.53. The Bertz CT molecular complexity index is 685. The lowest BCUT2D eigenvalue weighted by atomic mass is 10.6. The minimum atomic E-state index is -3.89. The molecule has 2 aromatic rings. The lowest BCUT2D eigenvalue weighted by Crippen LogP contribution is -2.18. The summed E-state index contributed by atoms with van der Waals surface area (Å²) >= 11 is 0. The van der Waals surface area contributed by atoms with E-state index in [9.17, 15) is 13.2 Å². The van der Waals surface area contributed by atoms with Crippen LogP contribution >= 0.6 is 10.7 Å². The van der Waals surface area contributed by atoms with Crippen molar-refractivity contribution in [2.45, 2.75) is 5.03 Å². The molecule has 0 aliphatic rings. The molecule has 0 atom stereocenters. The summed E-state index contributed by atoms with van der Waals surface area (Å²) in [4.78, 5) is 15.2. The summed E-state index contributed by atoms with van der Waals surface area (Å²) in [6.45, 7) is 0. The first-order chi connectivity index (χ1) is 6.91. The molecule has 2 heterocycles. The van der Waals surface area contributed by atoms with Crippen LogP contribution in [0.4, 0.5) is 0 Å². The predicted molar refractivity (Wildman–Crippen MR) is 53.5 cm³/mol. The third-order valence-corrected chi connectivity index (χ3v) is 3.24. The van der Waals surface area contributed by atoms with Crippen LogP contribution in [0.5, 0.6) is 0 Å². The van der Waals surface area contributed by atoms with E-state index < -0.39 is 9.05 Å². The van der Waals surface area contributed by atoms with Crippen LogP contribution in [-0.2, 0) is 16.1 Å². The SMILES string of the molecule is Cn1ccn2c(S(=O)(=O)Cl)cnc2c1=O. The first-order valence-electron chi connectivity index (χ1n) is 3.88. The Hall–Kier alpha value is -1.34. The lowest BCUT2D eigenvalue weighted by molar-refractivity contribution is 0.605. The van der Waals surface area contributed by atoms with Gasteiger partial charge in [0.05, 0.1) is 6.20 Å². The van der Waals surface area contributed by atoms with Crippen LogP contribution in [0, 0.1) is 0 Å². The second-order valence-corrected chi connectivity index (χ2v) is 5.45. The molecule has 0 bridgehead atoms. The van der Waals surface area contributed by atoms with Gasteiger partial charge in [-0.1, -0.05) is 0 Å². The van der Waals surface area contributed by atoms with Gasteiger partial charge in [-0.15, -0.1) is 0 Å². The second kappa shape index (κ2) is 3.07. The summed E-state index contributed by atoms with van der Waals surface area (Å²) in [6.07, 6.45) is 3.90. The highest BCUT2D eigenvalue weighted by molar-refractivity contribution is 8.13. The maximum atomic E-state index is 11.5. The van der Waals surface area contributed by atoms with Gasteiger partial charge in [-0.25, -0.2) is 13.4 Å². The number of fused-ring (bicyclic) bond motifs is 1. The molecule has 15 heavy (non-hydrogen) atoms. The van der Waals surface area contributed by atoms with Gasteiger partial charge in [-0.05, 0) is 0 Å². The molecular weight excluding hydrogens is 242 g/mol. The van der Waals surface area contributed by atoms with Gasteiger partial charge in [0.15, 0.2) is 5.03 Å². The molecule has 0 saturated heterocycles. The van der Waals surface area contributed by atoms with Crippen LogP contribution in [0.25, 0.3) is 5.65 Å². The van der Waals surface area contributed by atoms with E-state index in [2.05, 4.69) is 4.98 Å². The van der Waals surface area contributed by atoms with Crippen molar-refractivity contribution in [2.75, 3.05) is 0 Å². The Kier molecular flexibility index (Phi) is 2.09. The molecule has 2 aromatic heterocycles. The van der Waals surface area contributed by atoms with E-state index in [-0.39, 0.29) is 16.2 Å². The molecule has 80 valence electrons. The average molecular weight is 248 g/mol. The van der Waals surface area contributed by atoms with E-state index >= 15 is 0 Å². The van der Waals surface area contributed by atoms with Crippen molar-refractivity contribution in [3.63, 3.8) is 0 Å². The normalized spacial score (nSPS) is 12.1. The van der Waals surface area contributed by atoms with Gasteiger partial charge < -0.3 is 4.57 Å². The number of nitrogens with zero attached hydrogens (tertiary/aromatic N) is 3. The van der Waals surface area contributed by atoms with Gasteiger partial charge >= 0.3 is 0 Å². The van der Waals surface area contributed by atoms with Crippen molar-refractivity contribution >= 4 is 25.4 Å². The smallest absolute Gasteiger partial charge is 0.293 e. The Morgan fingerprint density at radius 3 is 2.67 bits per heavy atom. The number of hydrogen-bond donors (Lipinski definition) is 0. The summed E-state index contributed by atoms with van der Waals surface area (Å²) in [5.41, 5.74) is -0.358. The second-order valence-electron chi connectivity index (χ2n) is 2.94. The van der Waals surface area contributed by atoms with Gasteiger partial charge in [-0.3, -0.25) is 9.20 Å². The third-order valence-electron chi connectivity index (χ3n) is 1.96. The number of aryl methyl sites for hydroxylation is 1. The summed E-state index contributed by atoms with van der Waals surface area (Å²) in [7, 11) is 2.83. The molecule has 0 aliphatic carbocycles. The van der Waals surface area contributed by atoms with E-state index in [0.717, 1.165) is 10.6 Å². The minimum Gasteiger partial charge on any atom is -0.314 e. The Balaban J connectivity index is 2.97. The zero-order valence-electron chi connectivity index (χ0n) is 7.58. The molecule has 0 amide bonds. The number of hydrogen-bond acceptors (Lipinski definition) is 4. The fourth-order valence-electron chi connectivity index (χ4n) is 1.22. The number of rotatable bonds is 1. The summed E-state index contributed by atoms with van der Waals surface area (Å²) < 4.78 is 24.6. The molecule has 0 unspecified atom stereocenters. The summed E-state index contributed by atoms with van der Waals surface area (Å²) in [6, 6.07) is 0. The van der Waals surface area contributed by atoms with Crippen LogP contribution in [0.1, 0.15) is 0 Å². The first kappa shape index (κ1) is 10.2. The molecule has 0 N–H and O–H groups in total. The van der Waals surface area contributed by atoms with Gasteiger partial charge in [-0.2, -0.15) is 0 Å². The van der Waals surface area contributed by atoms with Crippen LogP contribution in [0.2, 0.25) is 0 Å². The van der Waals surface area contributed by atoms with E-state index in [4.69, 9.17) is 10.7 Å². The molecule has 0 saturated carbocycles. The standard InChI is InChI=1S/C7H6ClN3O3S/c1-10-2-3-11-5(15(8,13)14)4-9-6(11)7(10)12/h2-4H,1H3. The highest BCUT2D eigenvalue weighted by Crippen LogP contribution is 2.14. The Morgan fingerprint density at radius 1 is 1.40 bits per heavy atom. The van der Waals surface area contributed by atoms with E-state index in [1.807, 2.05) is 0 Å². The first-order valence-corrected chi connectivity index (χ1v) is 6.19. The van der Waals surface area contributed by atoms with Crippen molar-refractivity contribution in [2.24, 2.45) is 7.05 Å². The van der Waals surface area contributed by atoms with Crippen LogP contribution < -0.4 is 5.56 Å². The Morgan fingerprint density at radius 2 is 2.07 bits per heavy atom. The van der Waals surface area contributed by atoms with Crippen molar-refractivity contribution in [3.05, 3.63) is 28.9 Å². The van der Waals surface area contributed by atoms with Crippen molar-refractivity contribution in [1.82, 2.24) is 14.0 Å². The van der Waals surface area contributed by atoms with Crippen LogP contribution in [0.3, 0.4) is 0 Å². The highest BCUT2D eigenvalue weighted by Gasteiger charge is 2.17. The molecule has 0 radical (unpaired) electrons.